The third-order valence-corrected chi connectivity index (χ3v) is 4.51. The zero-order valence-electron chi connectivity index (χ0n) is 15.4. The average molecular weight is 380 g/mol. The van der Waals surface area contributed by atoms with Crippen LogP contribution >= 0.6 is 0 Å². The summed E-state index contributed by atoms with van der Waals surface area (Å²) in [6.07, 6.45) is 0.933. The third kappa shape index (κ3) is 3.54. The number of rotatable bonds is 6. The molecule has 2 N–H and O–H groups in total. The van der Waals surface area contributed by atoms with Gasteiger partial charge in [0.05, 0.1) is 12.3 Å². The summed E-state index contributed by atoms with van der Waals surface area (Å²) in [6, 6.07) is 13.2. The lowest BCUT2D eigenvalue weighted by atomic mass is 10.2. The van der Waals surface area contributed by atoms with E-state index in [4.69, 9.17) is 9.47 Å². The Balaban J connectivity index is 1.49. The van der Waals surface area contributed by atoms with Crippen LogP contribution in [0.5, 0.6) is 11.5 Å². The molecule has 28 heavy (non-hydrogen) atoms. The fraction of sp³-hybridized carbons (Fsp3) is 0.250. The number of aryl methyl sites for hydroxylation is 1. The average Bonchev–Trinajstić information content (AvgIpc) is 3.38. The molecule has 0 bridgehead atoms. The molecule has 1 aromatic heterocycles. The molecule has 1 aliphatic rings. The van der Waals surface area contributed by atoms with Gasteiger partial charge in [-0.2, -0.15) is 4.80 Å². The molecular formula is C20H20N4O4. The number of nitrogens with one attached hydrogen (secondary N) is 1. The highest BCUT2D eigenvalue weighted by Gasteiger charge is 2.19. The number of amides is 1. The van der Waals surface area contributed by atoms with Crippen molar-refractivity contribution in [2.45, 2.75) is 26.5 Å². The van der Waals surface area contributed by atoms with Crippen molar-refractivity contribution in [3.63, 3.8) is 0 Å². The maximum absolute atomic E-state index is 12.6. The second-order valence-corrected chi connectivity index (χ2v) is 6.33. The van der Waals surface area contributed by atoms with Crippen molar-refractivity contribution in [2.75, 3.05) is 6.79 Å². The number of carbonyl (C=O) groups excluding carboxylic acids is 1. The van der Waals surface area contributed by atoms with Crippen LogP contribution in [0.2, 0.25) is 0 Å². The van der Waals surface area contributed by atoms with Gasteiger partial charge in [-0.3, -0.25) is 4.79 Å². The Morgan fingerprint density at radius 2 is 1.86 bits per heavy atom. The number of hydrogen-bond acceptors (Lipinski definition) is 6. The van der Waals surface area contributed by atoms with Gasteiger partial charge in [-0.05, 0) is 41.8 Å². The van der Waals surface area contributed by atoms with Crippen molar-refractivity contribution in [2.24, 2.45) is 0 Å². The highest BCUT2D eigenvalue weighted by Crippen LogP contribution is 2.32. The molecule has 1 amide bonds. The number of aliphatic hydroxyl groups excluding tert-OH is 1. The molecule has 8 heteroatoms. The van der Waals surface area contributed by atoms with Crippen LogP contribution in [0.3, 0.4) is 0 Å². The fourth-order valence-electron chi connectivity index (χ4n) is 2.92. The number of aliphatic hydroxyl groups is 1. The second kappa shape index (κ2) is 7.69. The molecule has 3 aromatic rings. The number of hydrogen-bond donors (Lipinski definition) is 2. The molecule has 0 saturated carbocycles. The molecule has 0 atom stereocenters. The monoisotopic (exact) mass is 380 g/mol. The summed E-state index contributed by atoms with van der Waals surface area (Å²) in [6.45, 7) is 2.19. The van der Waals surface area contributed by atoms with Gasteiger partial charge in [0.1, 0.15) is 5.69 Å². The topological polar surface area (TPSA) is 98.5 Å². The first-order chi connectivity index (χ1) is 13.7. The summed E-state index contributed by atoms with van der Waals surface area (Å²) in [5, 5.41) is 20.9. The minimum Gasteiger partial charge on any atom is -0.454 e. The van der Waals surface area contributed by atoms with Crippen molar-refractivity contribution in [3.8, 4) is 17.2 Å². The SMILES string of the molecule is CCc1ccc(-n2nc(CO)c(C(=O)NCc3ccc4c(c3)OCO4)n2)cc1. The molecule has 0 spiro atoms. The van der Waals surface area contributed by atoms with Crippen LogP contribution in [-0.2, 0) is 19.6 Å². The summed E-state index contributed by atoms with van der Waals surface area (Å²) in [5.41, 5.74) is 3.11. The van der Waals surface area contributed by atoms with Crippen molar-refractivity contribution in [1.82, 2.24) is 20.3 Å². The Morgan fingerprint density at radius 1 is 1.11 bits per heavy atom. The lowest BCUT2D eigenvalue weighted by Crippen LogP contribution is -2.24. The highest BCUT2D eigenvalue weighted by molar-refractivity contribution is 5.93. The van der Waals surface area contributed by atoms with Crippen LogP contribution in [0.25, 0.3) is 5.69 Å². The van der Waals surface area contributed by atoms with Gasteiger partial charge in [0, 0.05) is 6.54 Å². The van der Waals surface area contributed by atoms with Gasteiger partial charge < -0.3 is 19.9 Å². The van der Waals surface area contributed by atoms with E-state index < -0.39 is 5.91 Å². The van der Waals surface area contributed by atoms with Crippen molar-refractivity contribution in [1.29, 1.82) is 0 Å². The first-order valence-electron chi connectivity index (χ1n) is 9.01. The summed E-state index contributed by atoms with van der Waals surface area (Å²) in [7, 11) is 0. The first kappa shape index (κ1) is 18.0. The van der Waals surface area contributed by atoms with E-state index in [0.717, 1.165) is 17.7 Å². The number of ether oxygens (including phenoxy) is 2. The van der Waals surface area contributed by atoms with Gasteiger partial charge >= 0.3 is 0 Å². The van der Waals surface area contributed by atoms with Crippen LogP contribution < -0.4 is 14.8 Å². The van der Waals surface area contributed by atoms with Crippen molar-refractivity contribution >= 4 is 5.91 Å². The van der Waals surface area contributed by atoms with E-state index in [2.05, 4.69) is 22.4 Å². The Bertz CT molecular complexity index is 998. The molecule has 4 rings (SSSR count). The van der Waals surface area contributed by atoms with Crippen LogP contribution in [0.1, 0.15) is 34.2 Å². The van der Waals surface area contributed by atoms with Crippen LogP contribution in [0.15, 0.2) is 42.5 Å². The standard InChI is InChI=1S/C20H20N4O4/c1-2-13-3-6-15(7-4-13)24-22-16(11-25)19(23-24)20(26)21-10-14-5-8-17-18(9-14)28-12-27-17/h3-9,25H,2,10-12H2,1H3,(H,21,26). The van der Waals surface area contributed by atoms with Gasteiger partial charge in [0.15, 0.2) is 17.2 Å². The minimum atomic E-state index is -0.404. The highest BCUT2D eigenvalue weighted by atomic mass is 16.7. The largest absolute Gasteiger partial charge is 0.454 e. The quantitative estimate of drug-likeness (QED) is 0.679. The molecule has 0 aliphatic carbocycles. The Morgan fingerprint density at radius 3 is 2.61 bits per heavy atom. The molecule has 0 fully saturated rings. The lowest BCUT2D eigenvalue weighted by Gasteiger charge is -2.05. The van der Waals surface area contributed by atoms with Crippen LogP contribution in [0, 0.1) is 0 Å². The van der Waals surface area contributed by atoms with Gasteiger partial charge in [0.25, 0.3) is 5.91 Å². The normalized spacial score (nSPS) is 12.2. The van der Waals surface area contributed by atoms with E-state index in [0.29, 0.717) is 18.0 Å². The Labute approximate surface area is 161 Å². The molecule has 144 valence electrons. The summed E-state index contributed by atoms with van der Waals surface area (Å²) >= 11 is 0. The first-order valence-corrected chi connectivity index (χ1v) is 9.01. The minimum absolute atomic E-state index is 0.0998. The molecule has 0 saturated heterocycles. The van der Waals surface area contributed by atoms with E-state index in [9.17, 15) is 9.90 Å². The zero-order chi connectivity index (χ0) is 19.5. The molecule has 1 aliphatic heterocycles. The third-order valence-electron chi connectivity index (χ3n) is 4.51. The fourth-order valence-corrected chi connectivity index (χ4v) is 2.92. The van der Waals surface area contributed by atoms with E-state index >= 15 is 0 Å². The predicted molar refractivity (Wildman–Crippen MR) is 100 cm³/mol. The molecule has 2 heterocycles. The predicted octanol–water partition coefficient (Wildman–Crippen LogP) is 1.98. The summed E-state index contributed by atoms with van der Waals surface area (Å²) in [4.78, 5) is 13.9. The number of nitrogens with zero attached hydrogens (tertiary/aromatic N) is 3. The van der Waals surface area contributed by atoms with Gasteiger partial charge in [-0.25, -0.2) is 0 Å². The zero-order valence-corrected chi connectivity index (χ0v) is 15.4. The van der Waals surface area contributed by atoms with E-state index in [1.54, 1.807) is 6.07 Å². The van der Waals surface area contributed by atoms with E-state index in [-0.39, 0.29) is 24.8 Å². The second-order valence-electron chi connectivity index (χ2n) is 6.33. The van der Waals surface area contributed by atoms with Crippen LogP contribution in [-0.4, -0.2) is 32.8 Å². The number of carbonyl (C=O) groups is 1. The molecular weight excluding hydrogens is 360 g/mol. The molecule has 8 nitrogen and oxygen atoms in total. The number of aromatic nitrogens is 3. The molecule has 2 aromatic carbocycles. The Hall–Kier alpha value is -3.39. The maximum atomic E-state index is 12.6. The Kier molecular flexibility index (Phi) is 4.94. The van der Waals surface area contributed by atoms with E-state index in [1.165, 1.54) is 10.4 Å². The van der Waals surface area contributed by atoms with Crippen molar-refractivity contribution < 1.29 is 19.4 Å². The smallest absolute Gasteiger partial charge is 0.274 e. The maximum Gasteiger partial charge on any atom is 0.274 e. The van der Waals surface area contributed by atoms with Crippen molar-refractivity contribution in [3.05, 3.63) is 65.0 Å². The number of fused-ring (bicyclic) bond motifs is 1. The lowest BCUT2D eigenvalue weighted by molar-refractivity contribution is 0.0942. The molecule has 0 radical (unpaired) electrons. The van der Waals surface area contributed by atoms with Gasteiger partial charge in [-0.1, -0.05) is 25.1 Å². The summed E-state index contributed by atoms with van der Waals surface area (Å²) < 4.78 is 10.6. The van der Waals surface area contributed by atoms with Gasteiger partial charge in [-0.15, -0.1) is 10.2 Å². The van der Waals surface area contributed by atoms with E-state index in [1.807, 2.05) is 36.4 Å². The number of benzene rings is 2. The molecule has 0 unspecified atom stereocenters. The summed E-state index contributed by atoms with van der Waals surface area (Å²) in [5.74, 6) is 0.942. The van der Waals surface area contributed by atoms with Crippen LogP contribution in [0.4, 0.5) is 0 Å². The van der Waals surface area contributed by atoms with Gasteiger partial charge in [0.2, 0.25) is 6.79 Å².